The van der Waals surface area contributed by atoms with Crippen LogP contribution in [-0.2, 0) is 12.8 Å². The number of hydrogen-bond donors (Lipinski definition) is 2. The number of aromatic hydroxyl groups is 1. The summed E-state index contributed by atoms with van der Waals surface area (Å²) in [6.45, 7) is 4.32. The van der Waals surface area contributed by atoms with Gasteiger partial charge in [0, 0.05) is 16.6 Å². The third-order valence-corrected chi connectivity index (χ3v) is 3.94. The van der Waals surface area contributed by atoms with E-state index in [0.29, 0.717) is 5.75 Å². The summed E-state index contributed by atoms with van der Waals surface area (Å²) in [7, 11) is 0. The summed E-state index contributed by atoms with van der Waals surface area (Å²) in [5.41, 5.74) is 6.42. The molecule has 3 aromatic rings. The number of nitrogens with one attached hydrogen (secondary N) is 1. The van der Waals surface area contributed by atoms with Gasteiger partial charge in [-0.15, -0.1) is 0 Å². The molecule has 0 saturated carbocycles. The highest BCUT2D eigenvalue weighted by Gasteiger charge is 2.11. The molecule has 1 aromatic heterocycles. The molecule has 0 saturated heterocycles. The van der Waals surface area contributed by atoms with Crippen LogP contribution < -0.4 is 0 Å². The fourth-order valence-corrected chi connectivity index (χ4v) is 2.80. The fraction of sp³-hybridized carbons (Fsp3) is 0.222. The van der Waals surface area contributed by atoms with E-state index in [1.807, 2.05) is 12.1 Å². The molecule has 102 valence electrons. The minimum atomic E-state index is 0.317. The van der Waals surface area contributed by atoms with Gasteiger partial charge in [-0.25, -0.2) is 0 Å². The number of benzene rings is 2. The average molecular weight is 265 g/mol. The number of phenols is 1. The number of aryl methyl sites for hydroxylation is 2. The maximum absolute atomic E-state index is 9.37. The zero-order chi connectivity index (χ0) is 14.1. The first-order valence-corrected chi connectivity index (χ1v) is 7.06. The van der Waals surface area contributed by atoms with Gasteiger partial charge < -0.3 is 10.1 Å². The van der Waals surface area contributed by atoms with Crippen LogP contribution >= 0.6 is 0 Å². The molecule has 1 heterocycles. The molecule has 0 fully saturated rings. The van der Waals surface area contributed by atoms with Crippen molar-refractivity contribution in [3.05, 3.63) is 64.8 Å². The van der Waals surface area contributed by atoms with Gasteiger partial charge in [0.25, 0.3) is 0 Å². The van der Waals surface area contributed by atoms with E-state index in [2.05, 4.69) is 37.0 Å². The molecule has 0 atom stereocenters. The predicted molar refractivity (Wildman–Crippen MR) is 83.3 cm³/mol. The number of para-hydroxylation sites is 1. The molecule has 0 spiro atoms. The van der Waals surface area contributed by atoms with Gasteiger partial charge in [-0.1, -0.05) is 37.3 Å². The molecule has 2 N–H and O–H groups in total. The molecule has 2 nitrogen and oxygen atoms in total. The maximum atomic E-state index is 9.37. The van der Waals surface area contributed by atoms with Gasteiger partial charge in [-0.3, -0.25) is 0 Å². The number of aromatic nitrogens is 1. The van der Waals surface area contributed by atoms with Gasteiger partial charge in [0.2, 0.25) is 0 Å². The largest absolute Gasteiger partial charge is 0.508 e. The second-order valence-electron chi connectivity index (χ2n) is 5.27. The minimum Gasteiger partial charge on any atom is -0.508 e. The molecule has 0 aliphatic carbocycles. The smallest absolute Gasteiger partial charge is 0.115 e. The summed E-state index contributed by atoms with van der Waals surface area (Å²) >= 11 is 0. The first-order chi connectivity index (χ1) is 9.69. The van der Waals surface area contributed by atoms with E-state index in [1.165, 1.54) is 33.3 Å². The van der Waals surface area contributed by atoms with Crippen LogP contribution in [0.1, 0.15) is 29.3 Å². The van der Waals surface area contributed by atoms with Gasteiger partial charge in [0.1, 0.15) is 5.75 Å². The lowest BCUT2D eigenvalue weighted by molar-refractivity contribution is 0.475. The highest BCUT2D eigenvalue weighted by molar-refractivity contribution is 5.87. The van der Waals surface area contributed by atoms with Gasteiger partial charge >= 0.3 is 0 Å². The zero-order valence-corrected chi connectivity index (χ0v) is 11.9. The third kappa shape index (κ3) is 2.18. The summed E-state index contributed by atoms with van der Waals surface area (Å²) in [6, 6.07) is 14.0. The Morgan fingerprint density at radius 1 is 1.05 bits per heavy atom. The number of rotatable bonds is 3. The molecule has 0 bridgehead atoms. The molecule has 0 aliphatic heterocycles. The molecule has 2 heteroatoms. The minimum absolute atomic E-state index is 0.317. The molecule has 2 aromatic carbocycles. The van der Waals surface area contributed by atoms with E-state index in [-0.39, 0.29) is 0 Å². The standard InChI is InChI=1S/C18H19NO/c1-3-14-5-4-6-16-17(12(2)19-18(14)16)11-13-7-9-15(20)10-8-13/h4-10,19-20H,3,11H2,1-2H3. The molecule has 0 amide bonds. The van der Waals surface area contributed by atoms with Crippen molar-refractivity contribution in [3.8, 4) is 5.75 Å². The lowest BCUT2D eigenvalue weighted by Crippen LogP contribution is -1.89. The van der Waals surface area contributed by atoms with Crippen molar-refractivity contribution in [2.75, 3.05) is 0 Å². The van der Waals surface area contributed by atoms with Crippen molar-refractivity contribution < 1.29 is 5.11 Å². The van der Waals surface area contributed by atoms with Crippen LogP contribution in [0.3, 0.4) is 0 Å². The molecule has 0 radical (unpaired) electrons. The molecule has 20 heavy (non-hydrogen) atoms. The van der Waals surface area contributed by atoms with Crippen LogP contribution in [0.15, 0.2) is 42.5 Å². The fourth-order valence-electron chi connectivity index (χ4n) is 2.80. The Bertz CT molecular complexity index is 738. The highest BCUT2D eigenvalue weighted by Crippen LogP contribution is 2.27. The van der Waals surface area contributed by atoms with E-state index in [0.717, 1.165) is 12.8 Å². The van der Waals surface area contributed by atoms with Gasteiger partial charge in [-0.05, 0) is 48.6 Å². The molecular weight excluding hydrogens is 246 g/mol. The highest BCUT2D eigenvalue weighted by atomic mass is 16.3. The van der Waals surface area contributed by atoms with Crippen LogP contribution in [0.4, 0.5) is 0 Å². The Kier molecular flexibility index (Phi) is 3.23. The topological polar surface area (TPSA) is 36.0 Å². The second kappa shape index (κ2) is 5.04. The van der Waals surface area contributed by atoms with E-state index >= 15 is 0 Å². The Balaban J connectivity index is 2.07. The average Bonchev–Trinajstić information content (AvgIpc) is 2.77. The van der Waals surface area contributed by atoms with Crippen LogP contribution in [0, 0.1) is 6.92 Å². The van der Waals surface area contributed by atoms with Crippen molar-refractivity contribution >= 4 is 10.9 Å². The summed E-state index contributed by atoms with van der Waals surface area (Å²) in [5, 5.41) is 10.7. The van der Waals surface area contributed by atoms with Gasteiger partial charge in [0.05, 0.1) is 0 Å². The van der Waals surface area contributed by atoms with Gasteiger partial charge in [-0.2, -0.15) is 0 Å². The molecular formula is C18H19NO. The summed E-state index contributed by atoms with van der Waals surface area (Å²) in [4.78, 5) is 3.53. The number of H-pyrrole nitrogens is 1. The van der Waals surface area contributed by atoms with E-state index < -0.39 is 0 Å². The van der Waals surface area contributed by atoms with Crippen molar-refractivity contribution in [1.29, 1.82) is 0 Å². The van der Waals surface area contributed by atoms with E-state index in [9.17, 15) is 5.11 Å². The molecule has 0 aliphatic rings. The van der Waals surface area contributed by atoms with Crippen molar-refractivity contribution in [2.24, 2.45) is 0 Å². The number of hydrogen-bond acceptors (Lipinski definition) is 1. The first-order valence-electron chi connectivity index (χ1n) is 7.06. The van der Waals surface area contributed by atoms with Crippen molar-refractivity contribution in [2.45, 2.75) is 26.7 Å². The number of fused-ring (bicyclic) bond motifs is 1. The van der Waals surface area contributed by atoms with Crippen LogP contribution in [0.25, 0.3) is 10.9 Å². The Morgan fingerprint density at radius 3 is 2.50 bits per heavy atom. The van der Waals surface area contributed by atoms with Crippen molar-refractivity contribution in [3.63, 3.8) is 0 Å². The lowest BCUT2D eigenvalue weighted by Gasteiger charge is -2.03. The van der Waals surface area contributed by atoms with Crippen LogP contribution in [-0.4, -0.2) is 10.1 Å². The van der Waals surface area contributed by atoms with Crippen LogP contribution in [0.2, 0.25) is 0 Å². The Morgan fingerprint density at radius 2 is 1.80 bits per heavy atom. The SMILES string of the molecule is CCc1cccc2c(Cc3ccc(O)cc3)c(C)[nH]c12. The predicted octanol–water partition coefficient (Wildman–Crippen LogP) is 4.34. The van der Waals surface area contributed by atoms with E-state index in [1.54, 1.807) is 12.1 Å². The lowest BCUT2D eigenvalue weighted by atomic mass is 10.0. The monoisotopic (exact) mass is 265 g/mol. The van der Waals surface area contributed by atoms with Crippen molar-refractivity contribution in [1.82, 2.24) is 4.98 Å². The first kappa shape index (κ1) is 12.8. The second-order valence-corrected chi connectivity index (χ2v) is 5.27. The molecule has 3 rings (SSSR count). The summed E-state index contributed by atoms with van der Waals surface area (Å²) in [6.07, 6.45) is 1.93. The summed E-state index contributed by atoms with van der Waals surface area (Å²) in [5.74, 6) is 0.317. The van der Waals surface area contributed by atoms with E-state index in [4.69, 9.17) is 0 Å². The normalized spacial score (nSPS) is 11.1. The zero-order valence-electron chi connectivity index (χ0n) is 11.9. The van der Waals surface area contributed by atoms with Crippen LogP contribution in [0.5, 0.6) is 5.75 Å². The quantitative estimate of drug-likeness (QED) is 0.726. The number of aromatic amines is 1. The van der Waals surface area contributed by atoms with Gasteiger partial charge in [0.15, 0.2) is 0 Å². The molecule has 0 unspecified atom stereocenters. The third-order valence-electron chi connectivity index (χ3n) is 3.94. The maximum Gasteiger partial charge on any atom is 0.115 e. The number of phenolic OH excluding ortho intramolecular Hbond substituents is 1. The Labute approximate surface area is 119 Å². The summed E-state index contributed by atoms with van der Waals surface area (Å²) < 4.78 is 0. The Hall–Kier alpha value is -2.22.